The molecule has 0 spiro atoms. The molecule has 7 heteroatoms. The highest BCUT2D eigenvalue weighted by atomic mass is 16.4. The largest absolute Gasteiger partial charge is 0.550 e. The minimum absolute atomic E-state index is 0.0982. The van der Waals surface area contributed by atoms with E-state index in [0.29, 0.717) is 6.54 Å². The molecule has 0 atom stereocenters. The maximum absolute atomic E-state index is 11.1. The molecule has 0 fully saturated rings. The number of carbonyl (C=O) groups excluding carboxylic acids is 1. The van der Waals surface area contributed by atoms with Gasteiger partial charge in [-0.15, -0.1) is 0 Å². The Hall–Kier alpha value is -1.89. The van der Waals surface area contributed by atoms with Gasteiger partial charge in [-0.05, 0) is 38.5 Å². The van der Waals surface area contributed by atoms with Gasteiger partial charge in [-0.2, -0.15) is 0 Å². The number of quaternary nitrogens is 1. The molecule has 0 aromatic heterocycles. The number of rotatable bonds is 25. The lowest BCUT2D eigenvalue weighted by molar-refractivity contribution is -0.927. The molecule has 0 rings (SSSR count). The summed E-state index contributed by atoms with van der Waals surface area (Å²) in [5.41, 5.74) is 0. The highest BCUT2D eigenvalue weighted by Crippen LogP contribution is 2.16. The Labute approximate surface area is 206 Å². The van der Waals surface area contributed by atoms with Gasteiger partial charge in [0.15, 0.2) is 0 Å². The molecular formula is C27H49NO6. The maximum atomic E-state index is 11.1. The van der Waals surface area contributed by atoms with E-state index in [-0.39, 0.29) is 43.4 Å². The lowest BCUT2D eigenvalue weighted by Gasteiger charge is -2.38. The third-order valence-corrected chi connectivity index (χ3v) is 6.53. The van der Waals surface area contributed by atoms with Crippen molar-refractivity contribution in [2.45, 2.75) is 116 Å². The van der Waals surface area contributed by atoms with Gasteiger partial charge in [-0.3, -0.25) is 9.59 Å². The number of nitrogens with zero attached hydrogens (tertiary/aromatic N) is 1. The van der Waals surface area contributed by atoms with E-state index < -0.39 is 17.9 Å². The molecule has 0 saturated carbocycles. The summed E-state index contributed by atoms with van der Waals surface area (Å²) in [6, 6.07) is 0. The van der Waals surface area contributed by atoms with Crippen molar-refractivity contribution >= 4 is 17.9 Å². The van der Waals surface area contributed by atoms with E-state index >= 15 is 0 Å². The van der Waals surface area contributed by atoms with E-state index in [0.717, 1.165) is 32.1 Å². The number of carboxylic acid groups (broad SMARTS) is 3. The summed E-state index contributed by atoms with van der Waals surface area (Å²) >= 11 is 0. The summed E-state index contributed by atoms with van der Waals surface area (Å²) in [6.07, 6.45) is 21.0. The number of hydrogen-bond donors (Lipinski definition) is 2. The van der Waals surface area contributed by atoms with Crippen molar-refractivity contribution in [1.82, 2.24) is 0 Å². The zero-order valence-corrected chi connectivity index (χ0v) is 21.5. The summed E-state index contributed by atoms with van der Waals surface area (Å²) in [5, 5.41) is 29.2. The molecule has 2 N–H and O–H groups in total. The van der Waals surface area contributed by atoms with Crippen molar-refractivity contribution in [3.63, 3.8) is 0 Å². The second kappa shape index (κ2) is 21.6. The van der Waals surface area contributed by atoms with Crippen molar-refractivity contribution in [2.24, 2.45) is 0 Å². The van der Waals surface area contributed by atoms with Crippen molar-refractivity contribution < 1.29 is 34.2 Å². The van der Waals surface area contributed by atoms with E-state index in [1.54, 1.807) is 0 Å². The van der Waals surface area contributed by atoms with E-state index in [4.69, 9.17) is 10.2 Å². The van der Waals surface area contributed by atoms with Crippen LogP contribution < -0.4 is 5.11 Å². The third kappa shape index (κ3) is 20.7. The van der Waals surface area contributed by atoms with Gasteiger partial charge in [-0.1, -0.05) is 70.4 Å². The fraction of sp³-hybridized carbons (Fsp3) is 0.815. The van der Waals surface area contributed by atoms with Crippen LogP contribution in [0, 0.1) is 0 Å². The highest BCUT2D eigenvalue weighted by Gasteiger charge is 2.28. The summed E-state index contributed by atoms with van der Waals surface area (Å²) in [6.45, 7) is 3.57. The van der Waals surface area contributed by atoms with Gasteiger partial charge in [0.1, 0.15) is 0 Å². The van der Waals surface area contributed by atoms with Crippen molar-refractivity contribution in [3.05, 3.63) is 12.2 Å². The summed E-state index contributed by atoms with van der Waals surface area (Å²) in [5.74, 6) is -3.09. The zero-order valence-electron chi connectivity index (χ0n) is 21.5. The minimum atomic E-state index is -1.19. The van der Waals surface area contributed by atoms with Gasteiger partial charge < -0.3 is 24.6 Å². The first-order valence-corrected chi connectivity index (χ1v) is 13.4. The Morgan fingerprint density at radius 3 is 1.47 bits per heavy atom. The fourth-order valence-electron chi connectivity index (χ4n) is 4.36. The predicted octanol–water partition coefficient (Wildman–Crippen LogP) is 4.93. The van der Waals surface area contributed by atoms with E-state index in [1.165, 1.54) is 57.8 Å². The van der Waals surface area contributed by atoms with Crippen molar-refractivity contribution in [1.29, 1.82) is 0 Å². The monoisotopic (exact) mass is 483 g/mol. The molecule has 0 saturated heterocycles. The summed E-state index contributed by atoms with van der Waals surface area (Å²) in [4.78, 5) is 33.2. The van der Waals surface area contributed by atoms with E-state index in [1.807, 2.05) is 0 Å². The van der Waals surface area contributed by atoms with Crippen LogP contribution in [-0.2, 0) is 14.4 Å². The van der Waals surface area contributed by atoms with Crippen LogP contribution in [0.25, 0.3) is 0 Å². The Morgan fingerprint density at radius 1 is 0.618 bits per heavy atom. The fourth-order valence-corrected chi connectivity index (χ4v) is 4.36. The average Bonchev–Trinajstić information content (AvgIpc) is 2.79. The lowest BCUT2D eigenvalue weighted by atomic mass is 10.1. The van der Waals surface area contributed by atoms with Crippen molar-refractivity contribution in [2.75, 3.05) is 26.2 Å². The van der Waals surface area contributed by atoms with E-state index in [2.05, 4.69) is 19.1 Å². The number of carboxylic acids is 3. The third-order valence-electron chi connectivity index (χ3n) is 6.53. The number of aliphatic carboxylic acids is 3. The first kappa shape index (κ1) is 32.1. The molecule has 198 valence electrons. The van der Waals surface area contributed by atoms with Crippen LogP contribution in [0.4, 0.5) is 0 Å². The zero-order chi connectivity index (χ0) is 25.5. The van der Waals surface area contributed by atoms with Gasteiger partial charge in [-0.25, -0.2) is 0 Å². The normalized spacial score (nSPS) is 11.8. The van der Waals surface area contributed by atoms with Crippen LogP contribution in [0.3, 0.4) is 0 Å². The molecule has 0 aromatic carbocycles. The smallest absolute Gasteiger partial charge is 0.309 e. The molecule has 7 nitrogen and oxygen atoms in total. The van der Waals surface area contributed by atoms with Gasteiger partial charge in [0, 0.05) is 12.4 Å². The SMILES string of the molecule is CCCCCCCC/C=C/CCCCCCCC[N+](CCC(=O)[O-])(CCC(=O)O)CCC(=O)O. The van der Waals surface area contributed by atoms with Crippen LogP contribution in [0.5, 0.6) is 0 Å². The van der Waals surface area contributed by atoms with Crippen LogP contribution in [-0.4, -0.2) is 58.8 Å². The second-order valence-corrected chi connectivity index (χ2v) is 9.58. The quantitative estimate of drug-likeness (QED) is 0.108. The number of hydrogen-bond acceptors (Lipinski definition) is 4. The number of carbonyl (C=O) groups is 3. The van der Waals surface area contributed by atoms with Crippen LogP contribution in [0.2, 0.25) is 0 Å². The topological polar surface area (TPSA) is 115 Å². The van der Waals surface area contributed by atoms with Crippen LogP contribution in [0.15, 0.2) is 12.2 Å². The molecule has 0 aromatic rings. The van der Waals surface area contributed by atoms with Gasteiger partial charge >= 0.3 is 11.9 Å². The molecular weight excluding hydrogens is 434 g/mol. The molecule has 34 heavy (non-hydrogen) atoms. The highest BCUT2D eigenvalue weighted by molar-refractivity contribution is 5.67. The molecule has 0 heterocycles. The van der Waals surface area contributed by atoms with Crippen LogP contribution >= 0.6 is 0 Å². The first-order valence-electron chi connectivity index (χ1n) is 13.4. The van der Waals surface area contributed by atoms with Gasteiger partial charge in [0.05, 0.1) is 39.0 Å². The molecule has 0 unspecified atom stereocenters. The molecule has 0 aliphatic heterocycles. The van der Waals surface area contributed by atoms with Gasteiger partial charge in [0.25, 0.3) is 0 Å². The molecule has 0 bridgehead atoms. The summed E-state index contributed by atoms with van der Waals surface area (Å²) < 4.78 is 0.218. The lowest BCUT2D eigenvalue weighted by Crippen LogP contribution is -2.53. The Bertz CT molecular complexity index is 530. The molecule has 0 radical (unpaired) electrons. The second-order valence-electron chi connectivity index (χ2n) is 9.58. The molecule has 0 aliphatic rings. The van der Waals surface area contributed by atoms with E-state index in [9.17, 15) is 19.5 Å². The van der Waals surface area contributed by atoms with Gasteiger partial charge in [0.2, 0.25) is 0 Å². The summed E-state index contributed by atoms with van der Waals surface area (Å²) in [7, 11) is 0. The Morgan fingerprint density at radius 2 is 1.03 bits per heavy atom. The number of allylic oxidation sites excluding steroid dienone is 2. The minimum Gasteiger partial charge on any atom is -0.550 e. The van der Waals surface area contributed by atoms with Crippen molar-refractivity contribution in [3.8, 4) is 0 Å². The average molecular weight is 484 g/mol. The Kier molecular flexibility index (Phi) is 20.4. The number of unbranched alkanes of at least 4 members (excludes halogenated alkanes) is 12. The maximum Gasteiger partial charge on any atom is 0.309 e. The Balaban J connectivity index is 4.13. The standard InChI is InChI=1S/C27H49NO6/c1-2-3-4-5-6-7-8-9-10-11-12-13-14-15-16-17-21-28(22-18-25(29)30,23-19-26(31)32)24-20-27(33)34/h9-10H,2-8,11-24H2,1H3,(H2-,29,30,31,32,33,34)/b10-9+. The predicted molar refractivity (Wildman–Crippen MR) is 133 cm³/mol. The molecule has 0 aliphatic carbocycles. The molecule has 0 amide bonds. The van der Waals surface area contributed by atoms with Crippen LogP contribution in [0.1, 0.15) is 116 Å². The first-order chi connectivity index (χ1) is 16.3.